The van der Waals surface area contributed by atoms with Crippen LogP contribution in [0.15, 0.2) is 35.2 Å². The third-order valence-corrected chi connectivity index (χ3v) is 6.21. The van der Waals surface area contributed by atoms with E-state index in [0.717, 1.165) is 0 Å². The standard InChI is InChI=1S/C16H17N7O3S/c1-12-10-13(11-17)20-16(19-12)21-6-8-22(9-7-21)27(18,26)15-4-2-14(3-5-15)23(24)25/h2-5,10,18H,6-9H2,1H3. The Bertz CT molecular complexity index is 1010. The molecule has 0 bridgehead atoms. The normalized spacial score (nSPS) is 17.1. The van der Waals surface area contributed by atoms with E-state index in [2.05, 4.69) is 9.97 Å². The van der Waals surface area contributed by atoms with Crippen molar-refractivity contribution in [1.82, 2.24) is 14.3 Å². The maximum absolute atomic E-state index is 13.0. The van der Waals surface area contributed by atoms with Crippen molar-refractivity contribution in [2.45, 2.75) is 11.8 Å². The van der Waals surface area contributed by atoms with Crippen molar-refractivity contribution in [3.63, 3.8) is 0 Å². The number of benzene rings is 1. The first-order valence-electron chi connectivity index (χ1n) is 8.10. The van der Waals surface area contributed by atoms with Gasteiger partial charge in [0.15, 0.2) is 0 Å². The summed E-state index contributed by atoms with van der Waals surface area (Å²) < 4.78 is 22.8. The highest BCUT2D eigenvalue weighted by Gasteiger charge is 2.27. The number of nitrogens with zero attached hydrogens (tertiary/aromatic N) is 6. The SMILES string of the molecule is Cc1cc(C#N)nc(N2CCN(S(=N)(=O)c3ccc([N+](=O)[O-])cc3)CC2)n1. The van der Waals surface area contributed by atoms with E-state index in [1.807, 2.05) is 11.0 Å². The molecule has 1 N–H and O–H groups in total. The Morgan fingerprint density at radius 2 is 1.85 bits per heavy atom. The number of aryl methyl sites for hydroxylation is 1. The fourth-order valence-electron chi connectivity index (χ4n) is 2.80. The predicted octanol–water partition coefficient (Wildman–Crippen LogP) is 1.71. The van der Waals surface area contributed by atoms with Gasteiger partial charge < -0.3 is 4.90 Å². The molecule has 1 atom stereocenters. The van der Waals surface area contributed by atoms with Crippen LogP contribution in [0.4, 0.5) is 11.6 Å². The van der Waals surface area contributed by atoms with Gasteiger partial charge in [-0.15, -0.1) is 0 Å². The van der Waals surface area contributed by atoms with Gasteiger partial charge >= 0.3 is 0 Å². The smallest absolute Gasteiger partial charge is 0.269 e. The van der Waals surface area contributed by atoms with Crippen molar-refractivity contribution in [2.75, 3.05) is 31.1 Å². The first-order chi connectivity index (χ1) is 12.8. The summed E-state index contributed by atoms with van der Waals surface area (Å²) in [7, 11) is -3.24. The zero-order valence-electron chi connectivity index (χ0n) is 14.5. The molecule has 2 heterocycles. The van der Waals surface area contributed by atoms with Crippen molar-refractivity contribution in [2.24, 2.45) is 0 Å². The number of nitro groups is 1. The van der Waals surface area contributed by atoms with E-state index in [9.17, 15) is 14.3 Å². The number of rotatable bonds is 4. The predicted molar refractivity (Wildman–Crippen MR) is 97.5 cm³/mol. The van der Waals surface area contributed by atoms with E-state index < -0.39 is 14.8 Å². The molecular formula is C16H17N7O3S. The van der Waals surface area contributed by atoms with Gasteiger partial charge in [-0.1, -0.05) is 0 Å². The first-order valence-corrected chi connectivity index (χ1v) is 9.62. The van der Waals surface area contributed by atoms with E-state index in [1.165, 1.54) is 24.3 Å². The molecule has 11 heteroatoms. The average molecular weight is 387 g/mol. The summed E-state index contributed by atoms with van der Waals surface area (Å²) in [5, 5.41) is 19.8. The van der Waals surface area contributed by atoms with Gasteiger partial charge in [-0.25, -0.2) is 23.3 Å². The summed E-state index contributed by atoms with van der Waals surface area (Å²) in [4.78, 5) is 20.9. The van der Waals surface area contributed by atoms with E-state index in [0.29, 0.717) is 37.8 Å². The molecule has 3 rings (SSSR count). The Hall–Kier alpha value is -3.10. The van der Waals surface area contributed by atoms with E-state index in [4.69, 9.17) is 10.0 Å². The Balaban J connectivity index is 1.74. The average Bonchev–Trinajstić information content (AvgIpc) is 2.67. The zero-order valence-corrected chi connectivity index (χ0v) is 15.3. The van der Waals surface area contributed by atoms with Crippen LogP contribution in [0.1, 0.15) is 11.4 Å². The van der Waals surface area contributed by atoms with Crippen LogP contribution in [0.5, 0.6) is 0 Å². The lowest BCUT2D eigenvalue weighted by Crippen LogP contribution is -2.48. The minimum Gasteiger partial charge on any atom is -0.338 e. The molecule has 1 aliphatic rings. The number of hydrogen-bond acceptors (Lipinski definition) is 8. The Kier molecular flexibility index (Phi) is 5.02. The number of nitriles is 1. The van der Waals surface area contributed by atoms with Gasteiger partial charge in [-0.05, 0) is 25.1 Å². The molecular weight excluding hydrogens is 370 g/mol. The van der Waals surface area contributed by atoms with Crippen molar-refractivity contribution in [3.05, 3.63) is 51.8 Å². The number of nitro benzene ring substituents is 1. The Morgan fingerprint density at radius 1 is 1.22 bits per heavy atom. The highest BCUT2D eigenvalue weighted by Crippen LogP contribution is 2.22. The quantitative estimate of drug-likeness (QED) is 0.622. The van der Waals surface area contributed by atoms with Gasteiger partial charge in [0.25, 0.3) is 5.69 Å². The lowest BCUT2D eigenvalue weighted by Gasteiger charge is -2.35. The van der Waals surface area contributed by atoms with Gasteiger partial charge in [-0.2, -0.15) is 5.26 Å². The van der Waals surface area contributed by atoms with Gasteiger partial charge in [0.05, 0.1) is 9.82 Å². The van der Waals surface area contributed by atoms with Gasteiger partial charge in [-0.3, -0.25) is 10.1 Å². The minimum atomic E-state index is -3.24. The Morgan fingerprint density at radius 3 is 2.41 bits per heavy atom. The molecule has 1 aliphatic heterocycles. The molecule has 1 saturated heterocycles. The molecule has 10 nitrogen and oxygen atoms in total. The molecule has 1 fully saturated rings. The van der Waals surface area contributed by atoms with Crippen LogP contribution in [0.2, 0.25) is 0 Å². The lowest BCUT2D eigenvalue weighted by atomic mass is 10.3. The third-order valence-electron chi connectivity index (χ3n) is 4.21. The summed E-state index contributed by atoms with van der Waals surface area (Å²) in [6, 6.07) is 8.84. The second-order valence-corrected chi connectivity index (χ2v) is 8.04. The summed E-state index contributed by atoms with van der Waals surface area (Å²) in [5.74, 6) is 0.443. The Labute approximate surface area is 156 Å². The molecule has 2 aromatic rings. The zero-order chi connectivity index (χ0) is 19.6. The molecule has 0 amide bonds. The fourth-order valence-corrected chi connectivity index (χ4v) is 4.28. The molecule has 1 aromatic carbocycles. The van der Waals surface area contributed by atoms with Gasteiger partial charge in [0.1, 0.15) is 21.7 Å². The van der Waals surface area contributed by atoms with Crippen molar-refractivity contribution in [1.29, 1.82) is 10.0 Å². The van der Waals surface area contributed by atoms with E-state index in [1.54, 1.807) is 17.3 Å². The largest absolute Gasteiger partial charge is 0.338 e. The number of piperazine rings is 1. The first kappa shape index (κ1) is 18.7. The molecule has 0 aliphatic carbocycles. The molecule has 140 valence electrons. The monoisotopic (exact) mass is 387 g/mol. The van der Waals surface area contributed by atoms with Gasteiger partial charge in [0.2, 0.25) is 5.95 Å². The van der Waals surface area contributed by atoms with Crippen molar-refractivity contribution >= 4 is 21.6 Å². The second-order valence-electron chi connectivity index (χ2n) is 6.00. The van der Waals surface area contributed by atoms with Crippen LogP contribution in [-0.2, 0) is 9.92 Å². The number of aromatic nitrogens is 2. The summed E-state index contributed by atoms with van der Waals surface area (Å²) in [5.41, 5.74) is 0.868. The molecule has 1 unspecified atom stereocenters. The third kappa shape index (κ3) is 3.86. The second kappa shape index (κ2) is 7.26. The minimum absolute atomic E-state index is 0.108. The highest BCUT2D eigenvalue weighted by molar-refractivity contribution is 7.90. The maximum Gasteiger partial charge on any atom is 0.269 e. The molecule has 0 radical (unpaired) electrons. The number of anilines is 1. The number of hydrogen-bond donors (Lipinski definition) is 1. The van der Waals surface area contributed by atoms with Crippen LogP contribution < -0.4 is 4.90 Å². The van der Waals surface area contributed by atoms with E-state index >= 15 is 0 Å². The highest BCUT2D eigenvalue weighted by atomic mass is 32.2. The molecule has 1 aromatic heterocycles. The summed E-state index contributed by atoms with van der Waals surface area (Å²) >= 11 is 0. The van der Waals surface area contributed by atoms with Crippen LogP contribution in [0.25, 0.3) is 0 Å². The van der Waals surface area contributed by atoms with Crippen molar-refractivity contribution < 1.29 is 9.13 Å². The van der Waals surface area contributed by atoms with Crippen LogP contribution >= 0.6 is 0 Å². The molecule has 0 saturated carbocycles. The van der Waals surface area contributed by atoms with Crippen LogP contribution in [0.3, 0.4) is 0 Å². The summed E-state index contributed by atoms with van der Waals surface area (Å²) in [6.07, 6.45) is 0. The topological polar surface area (TPSA) is 140 Å². The lowest BCUT2D eigenvalue weighted by molar-refractivity contribution is -0.384. The molecule has 27 heavy (non-hydrogen) atoms. The van der Waals surface area contributed by atoms with Gasteiger partial charge in [0, 0.05) is 44.0 Å². The number of nitrogens with one attached hydrogen (secondary N) is 1. The number of non-ortho nitro benzene ring substituents is 1. The van der Waals surface area contributed by atoms with Crippen molar-refractivity contribution in [3.8, 4) is 6.07 Å². The molecule has 0 spiro atoms. The van der Waals surface area contributed by atoms with Crippen LogP contribution in [-0.4, -0.2) is 49.6 Å². The van der Waals surface area contributed by atoms with E-state index in [-0.39, 0.29) is 16.3 Å². The van der Waals surface area contributed by atoms with Crippen LogP contribution in [0, 0.1) is 33.1 Å². The maximum atomic E-state index is 13.0. The summed E-state index contributed by atoms with van der Waals surface area (Å²) in [6.45, 7) is 3.39. The fraction of sp³-hybridized carbons (Fsp3) is 0.312.